The maximum absolute atomic E-state index is 12.2. The lowest BCUT2D eigenvalue weighted by atomic mass is 10.0. The van der Waals surface area contributed by atoms with Gasteiger partial charge in [0.2, 0.25) is 0 Å². The molecule has 0 fully saturated rings. The third-order valence-corrected chi connectivity index (χ3v) is 5.53. The highest BCUT2D eigenvalue weighted by molar-refractivity contribution is 8.00. The van der Waals surface area contributed by atoms with E-state index in [1.165, 1.54) is 0 Å². The molecule has 5 heteroatoms. The van der Waals surface area contributed by atoms with Crippen LogP contribution in [-0.4, -0.2) is 28.4 Å². The second-order valence-corrected chi connectivity index (χ2v) is 6.44. The first-order valence-corrected chi connectivity index (χ1v) is 8.34. The van der Waals surface area contributed by atoms with Crippen molar-refractivity contribution in [3.8, 4) is 0 Å². The molecule has 0 heterocycles. The van der Waals surface area contributed by atoms with E-state index >= 15 is 0 Å². The molecule has 3 N–H and O–H groups in total. The van der Waals surface area contributed by atoms with E-state index in [1.54, 1.807) is 18.2 Å². The van der Waals surface area contributed by atoms with Crippen LogP contribution in [0.4, 0.5) is 0 Å². The van der Waals surface area contributed by atoms with Crippen molar-refractivity contribution >= 4 is 34.9 Å². The SMILES string of the molecule is CCC(CC)(CNC(=O)c1cccc(C(N)=S)c1)SC. The number of hydrogen-bond donors (Lipinski definition) is 2. The van der Waals surface area contributed by atoms with Crippen molar-refractivity contribution in [2.24, 2.45) is 5.73 Å². The molecule has 1 amide bonds. The molecule has 0 unspecified atom stereocenters. The first-order valence-electron chi connectivity index (χ1n) is 6.71. The van der Waals surface area contributed by atoms with Crippen LogP contribution in [-0.2, 0) is 0 Å². The summed E-state index contributed by atoms with van der Waals surface area (Å²) in [6.45, 7) is 4.97. The Balaban J connectivity index is 2.76. The number of nitrogens with one attached hydrogen (secondary N) is 1. The molecule has 0 aromatic heterocycles. The van der Waals surface area contributed by atoms with Crippen molar-refractivity contribution in [3.05, 3.63) is 35.4 Å². The number of thiocarbonyl (C=S) groups is 1. The molecule has 1 aromatic rings. The quantitative estimate of drug-likeness (QED) is 0.760. The summed E-state index contributed by atoms with van der Waals surface area (Å²) in [6.07, 6.45) is 4.14. The van der Waals surface area contributed by atoms with Crippen LogP contribution in [0.3, 0.4) is 0 Å². The summed E-state index contributed by atoms with van der Waals surface area (Å²) < 4.78 is 0.108. The molecule has 0 saturated heterocycles. The number of thioether (sulfide) groups is 1. The predicted molar refractivity (Wildman–Crippen MR) is 91.5 cm³/mol. The standard InChI is InChI=1S/C15H22N2OS2/c1-4-15(5-2,20-3)10-17-14(18)12-8-6-7-11(9-12)13(16)19/h6-9H,4-5,10H2,1-3H3,(H2,16,19)(H,17,18). The number of rotatable bonds is 7. The topological polar surface area (TPSA) is 55.1 Å². The van der Waals surface area contributed by atoms with Crippen molar-refractivity contribution in [1.82, 2.24) is 5.32 Å². The Morgan fingerprint density at radius 3 is 2.45 bits per heavy atom. The van der Waals surface area contributed by atoms with Gasteiger partial charge in [0.25, 0.3) is 5.91 Å². The van der Waals surface area contributed by atoms with Crippen LogP contribution in [0.1, 0.15) is 42.6 Å². The van der Waals surface area contributed by atoms with Gasteiger partial charge in [0.1, 0.15) is 4.99 Å². The molecule has 0 aliphatic carbocycles. The third kappa shape index (κ3) is 4.21. The summed E-state index contributed by atoms with van der Waals surface area (Å²) in [5, 5.41) is 3.01. The fourth-order valence-electron chi connectivity index (χ4n) is 2.02. The summed E-state index contributed by atoms with van der Waals surface area (Å²) in [7, 11) is 0. The lowest BCUT2D eigenvalue weighted by Gasteiger charge is -2.29. The number of nitrogens with two attached hydrogens (primary N) is 1. The van der Waals surface area contributed by atoms with Gasteiger partial charge in [0, 0.05) is 22.4 Å². The molecule has 0 aliphatic heterocycles. The molecule has 0 aliphatic rings. The zero-order chi connectivity index (χ0) is 15.2. The fraction of sp³-hybridized carbons (Fsp3) is 0.467. The average molecular weight is 310 g/mol. The van der Waals surface area contributed by atoms with Crippen LogP contribution >= 0.6 is 24.0 Å². The molecule has 1 aromatic carbocycles. The largest absolute Gasteiger partial charge is 0.389 e. The summed E-state index contributed by atoms with van der Waals surface area (Å²) in [6, 6.07) is 7.11. The van der Waals surface area contributed by atoms with E-state index in [-0.39, 0.29) is 10.7 Å². The Kier molecular flexibility index (Phi) is 6.49. The minimum atomic E-state index is -0.0802. The Morgan fingerprint density at radius 2 is 1.95 bits per heavy atom. The number of carbonyl (C=O) groups excluding carboxylic acids is 1. The zero-order valence-electron chi connectivity index (χ0n) is 12.2. The highest BCUT2D eigenvalue weighted by Gasteiger charge is 2.25. The Hall–Kier alpha value is -1.07. The van der Waals surface area contributed by atoms with Gasteiger partial charge in [-0.05, 0) is 31.2 Å². The molecule has 0 bridgehead atoms. The van der Waals surface area contributed by atoms with Gasteiger partial charge in [-0.1, -0.05) is 38.2 Å². The smallest absolute Gasteiger partial charge is 0.251 e. The molecule has 1 rings (SSSR count). The first kappa shape index (κ1) is 17.0. The van der Waals surface area contributed by atoms with Gasteiger partial charge in [0.15, 0.2) is 0 Å². The number of amides is 1. The number of benzene rings is 1. The second kappa shape index (κ2) is 7.64. The van der Waals surface area contributed by atoms with E-state index in [1.807, 2.05) is 17.8 Å². The van der Waals surface area contributed by atoms with Crippen molar-refractivity contribution in [2.45, 2.75) is 31.4 Å². The summed E-state index contributed by atoms with van der Waals surface area (Å²) in [5.41, 5.74) is 6.90. The van der Waals surface area contributed by atoms with Crippen LogP contribution in [0.5, 0.6) is 0 Å². The van der Waals surface area contributed by atoms with E-state index in [4.69, 9.17) is 18.0 Å². The van der Waals surface area contributed by atoms with Gasteiger partial charge in [0.05, 0.1) is 0 Å². The monoisotopic (exact) mass is 310 g/mol. The molecular weight excluding hydrogens is 288 g/mol. The van der Waals surface area contributed by atoms with E-state index in [2.05, 4.69) is 25.4 Å². The Bertz CT molecular complexity index is 476. The maximum Gasteiger partial charge on any atom is 0.251 e. The van der Waals surface area contributed by atoms with Gasteiger partial charge in [-0.25, -0.2) is 0 Å². The summed E-state index contributed by atoms with van der Waals surface area (Å²) in [5.74, 6) is -0.0802. The molecule has 0 atom stereocenters. The van der Waals surface area contributed by atoms with E-state index in [0.717, 1.165) is 18.4 Å². The number of hydrogen-bond acceptors (Lipinski definition) is 3. The molecule has 0 radical (unpaired) electrons. The van der Waals surface area contributed by atoms with E-state index in [0.29, 0.717) is 17.1 Å². The molecule has 3 nitrogen and oxygen atoms in total. The lowest BCUT2D eigenvalue weighted by Crippen LogP contribution is -2.39. The summed E-state index contributed by atoms with van der Waals surface area (Å²) >= 11 is 6.74. The van der Waals surface area contributed by atoms with Gasteiger partial charge < -0.3 is 11.1 Å². The Labute approximate surface area is 130 Å². The Morgan fingerprint density at radius 1 is 1.35 bits per heavy atom. The second-order valence-electron chi connectivity index (χ2n) is 4.72. The van der Waals surface area contributed by atoms with E-state index < -0.39 is 0 Å². The van der Waals surface area contributed by atoms with Crippen molar-refractivity contribution < 1.29 is 4.79 Å². The highest BCUT2D eigenvalue weighted by atomic mass is 32.2. The van der Waals surface area contributed by atoms with Crippen LogP contribution in [0.2, 0.25) is 0 Å². The predicted octanol–water partition coefficient (Wildman–Crippen LogP) is 2.97. The third-order valence-electron chi connectivity index (χ3n) is 3.70. The molecule has 0 spiro atoms. The minimum Gasteiger partial charge on any atom is -0.389 e. The van der Waals surface area contributed by atoms with Gasteiger partial charge >= 0.3 is 0 Å². The van der Waals surface area contributed by atoms with Crippen LogP contribution in [0, 0.1) is 0 Å². The normalized spacial score (nSPS) is 11.2. The lowest BCUT2D eigenvalue weighted by molar-refractivity contribution is 0.0949. The van der Waals surface area contributed by atoms with Gasteiger partial charge in [-0.15, -0.1) is 0 Å². The van der Waals surface area contributed by atoms with Crippen molar-refractivity contribution in [2.75, 3.05) is 12.8 Å². The van der Waals surface area contributed by atoms with Crippen LogP contribution < -0.4 is 11.1 Å². The fourth-order valence-corrected chi connectivity index (χ4v) is 2.94. The number of carbonyl (C=O) groups is 1. The van der Waals surface area contributed by atoms with Crippen molar-refractivity contribution in [1.29, 1.82) is 0 Å². The maximum atomic E-state index is 12.2. The van der Waals surface area contributed by atoms with Crippen LogP contribution in [0.25, 0.3) is 0 Å². The molecular formula is C15H22N2OS2. The van der Waals surface area contributed by atoms with Gasteiger partial charge in [-0.2, -0.15) is 11.8 Å². The highest BCUT2D eigenvalue weighted by Crippen LogP contribution is 2.29. The average Bonchev–Trinajstić information content (AvgIpc) is 2.49. The van der Waals surface area contributed by atoms with E-state index in [9.17, 15) is 4.79 Å². The minimum absolute atomic E-state index is 0.0802. The van der Waals surface area contributed by atoms with Crippen LogP contribution in [0.15, 0.2) is 24.3 Å². The summed E-state index contributed by atoms with van der Waals surface area (Å²) in [4.78, 5) is 12.5. The van der Waals surface area contributed by atoms with Gasteiger partial charge in [-0.3, -0.25) is 4.79 Å². The molecule has 0 saturated carbocycles. The zero-order valence-corrected chi connectivity index (χ0v) is 13.9. The molecule has 110 valence electrons. The first-order chi connectivity index (χ1) is 9.48. The molecule has 20 heavy (non-hydrogen) atoms. The van der Waals surface area contributed by atoms with Crippen molar-refractivity contribution in [3.63, 3.8) is 0 Å².